The molecule has 4 rings (SSSR count). The summed E-state index contributed by atoms with van der Waals surface area (Å²) >= 11 is 5.88. The quantitative estimate of drug-likeness (QED) is 0.581. The number of fused-ring (bicyclic) bond motifs is 3. The summed E-state index contributed by atoms with van der Waals surface area (Å²) in [6, 6.07) is 21.4. The first-order valence-electron chi connectivity index (χ1n) is 9.37. The molecule has 1 aliphatic rings. The molecular weight excluding hydrogens is 386 g/mol. The van der Waals surface area contributed by atoms with Crippen molar-refractivity contribution in [3.8, 4) is 16.9 Å². The molecule has 2 N–H and O–H groups in total. The Morgan fingerprint density at radius 1 is 1.03 bits per heavy atom. The summed E-state index contributed by atoms with van der Waals surface area (Å²) in [4.78, 5) is 12.1. The van der Waals surface area contributed by atoms with E-state index in [4.69, 9.17) is 16.3 Å². The Morgan fingerprint density at radius 2 is 1.69 bits per heavy atom. The van der Waals surface area contributed by atoms with Gasteiger partial charge in [-0.25, -0.2) is 4.79 Å². The van der Waals surface area contributed by atoms with Gasteiger partial charge >= 0.3 is 6.09 Å². The van der Waals surface area contributed by atoms with E-state index in [2.05, 4.69) is 29.6 Å². The van der Waals surface area contributed by atoms with Gasteiger partial charge < -0.3 is 15.2 Å². The number of alkyl carbamates (subject to hydrolysis) is 1. The summed E-state index contributed by atoms with van der Waals surface area (Å²) in [5.74, 6) is 0.0865. The van der Waals surface area contributed by atoms with Gasteiger partial charge in [-0.3, -0.25) is 0 Å². The molecule has 3 aromatic rings. The Hall–Kier alpha value is -3.24. The lowest BCUT2D eigenvalue weighted by Gasteiger charge is -2.14. The fraction of sp³-hybridized carbons (Fsp3) is 0.125. The molecule has 0 saturated carbocycles. The minimum Gasteiger partial charge on any atom is -0.506 e. The third-order valence-electron chi connectivity index (χ3n) is 4.99. The van der Waals surface area contributed by atoms with Crippen molar-refractivity contribution in [2.24, 2.45) is 0 Å². The van der Waals surface area contributed by atoms with Crippen LogP contribution in [0.15, 0.2) is 72.8 Å². The highest BCUT2D eigenvalue weighted by Crippen LogP contribution is 2.44. The summed E-state index contributed by atoms with van der Waals surface area (Å²) in [6.45, 7) is 0.617. The minimum atomic E-state index is -0.458. The van der Waals surface area contributed by atoms with E-state index in [0.717, 1.165) is 5.56 Å². The molecule has 0 radical (unpaired) electrons. The van der Waals surface area contributed by atoms with Crippen molar-refractivity contribution in [1.82, 2.24) is 5.32 Å². The fourth-order valence-corrected chi connectivity index (χ4v) is 3.80. The highest BCUT2D eigenvalue weighted by atomic mass is 35.5. The van der Waals surface area contributed by atoms with Crippen LogP contribution in [0.4, 0.5) is 4.79 Å². The second-order valence-electron chi connectivity index (χ2n) is 6.82. The number of rotatable bonds is 5. The number of carbonyl (C=O) groups is 1. The van der Waals surface area contributed by atoms with Gasteiger partial charge in [-0.15, -0.1) is 0 Å². The van der Waals surface area contributed by atoms with Crippen LogP contribution in [-0.2, 0) is 4.74 Å². The number of hydrogen-bond donors (Lipinski definition) is 2. The number of halogens is 1. The van der Waals surface area contributed by atoms with Gasteiger partial charge in [0, 0.05) is 12.5 Å². The van der Waals surface area contributed by atoms with E-state index < -0.39 is 6.09 Å². The molecule has 0 spiro atoms. The number of benzene rings is 3. The molecule has 1 aliphatic carbocycles. The van der Waals surface area contributed by atoms with Crippen LogP contribution in [0.25, 0.3) is 17.2 Å². The first-order chi connectivity index (χ1) is 14.1. The predicted molar refractivity (Wildman–Crippen MR) is 115 cm³/mol. The highest BCUT2D eigenvalue weighted by Gasteiger charge is 2.28. The molecule has 0 unspecified atom stereocenters. The first-order valence-corrected chi connectivity index (χ1v) is 9.75. The van der Waals surface area contributed by atoms with Gasteiger partial charge in [0.15, 0.2) is 0 Å². The Labute approximate surface area is 174 Å². The number of ether oxygens (including phenoxy) is 1. The van der Waals surface area contributed by atoms with Gasteiger partial charge in [0.2, 0.25) is 0 Å². The average molecular weight is 406 g/mol. The third-order valence-corrected chi connectivity index (χ3v) is 5.29. The van der Waals surface area contributed by atoms with Crippen LogP contribution in [-0.4, -0.2) is 24.4 Å². The fourth-order valence-electron chi connectivity index (χ4n) is 3.61. The molecule has 0 aromatic heterocycles. The van der Waals surface area contributed by atoms with E-state index in [1.165, 1.54) is 28.3 Å². The topological polar surface area (TPSA) is 58.6 Å². The summed E-state index contributed by atoms with van der Waals surface area (Å²) in [6.07, 6.45) is 3.15. The van der Waals surface area contributed by atoms with Crippen molar-refractivity contribution < 1.29 is 14.6 Å². The van der Waals surface area contributed by atoms with Crippen molar-refractivity contribution in [3.63, 3.8) is 0 Å². The SMILES string of the molecule is O=C(NCC=Cc1ccc(O)c(Cl)c1)OCC1c2ccccc2-c2ccccc21. The second-order valence-corrected chi connectivity index (χ2v) is 7.23. The van der Waals surface area contributed by atoms with Crippen molar-refractivity contribution in [3.05, 3.63) is 94.5 Å². The number of phenols is 1. The molecule has 0 saturated heterocycles. The summed E-state index contributed by atoms with van der Waals surface area (Å²) in [5, 5.41) is 12.4. The lowest BCUT2D eigenvalue weighted by atomic mass is 9.98. The molecule has 3 aromatic carbocycles. The summed E-state index contributed by atoms with van der Waals surface area (Å²) < 4.78 is 5.49. The maximum absolute atomic E-state index is 12.1. The summed E-state index contributed by atoms with van der Waals surface area (Å²) in [5.41, 5.74) is 5.61. The molecule has 0 fully saturated rings. The molecule has 0 heterocycles. The molecule has 1 amide bonds. The van der Waals surface area contributed by atoms with Gasteiger partial charge in [-0.1, -0.05) is 78.4 Å². The Balaban J connectivity index is 1.33. The lowest BCUT2D eigenvalue weighted by molar-refractivity contribution is 0.144. The number of nitrogens with one attached hydrogen (secondary N) is 1. The average Bonchev–Trinajstić information content (AvgIpc) is 3.06. The predicted octanol–water partition coefficient (Wildman–Crippen LogP) is 5.60. The van der Waals surface area contributed by atoms with E-state index in [0.29, 0.717) is 6.54 Å². The standard InChI is InChI=1S/C24H20ClNO3/c25-22-14-16(11-12-23(22)27)6-5-13-26-24(28)29-15-21-19-9-3-1-7-17(19)18-8-2-4-10-20(18)21/h1-12,14,21,27H,13,15H2,(H,26,28). The van der Waals surface area contributed by atoms with Gasteiger partial charge in [-0.2, -0.15) is 0 Å². The normalized spacial score (nSPS) is 12.6. The smallest absolute Gasteiger partial charge is 0.407 e. The second kappa shape index (κ2) is 8.41. The van der Waals surface area contributed by atoms with E-state index >= 15 is 0 Å². The van der Waals surface area contributed by atoms with E-state index in [1.54, 1.807) is 18.2 Å². The molecular formula is C24H20ClNO3. The van der Waals surface area contributed by atoms with Crippen LogP contribution in [0.2, 0.25) is 5.02 Å². The van der Waals surface area contributed by atoms with E-state index in [-0.39, 0.29) is 23.3 Å². The summed E-state index contributed by atoms with van der Waals surface area (Å²) in [7, 11) is 0. The number of carbonyl (C=O) groups excluding carboxylic acids is 1. The zero-order valence-corrected chi connectivity index (χ0v) is 16.4. The molecule has 0 atom stereocenters. The molecule has 5 heteroatoms. The van der Waals surface area contributed by atoms with Crippen LogP contribution < -0.4 is 5.32 Å². The van der Waals surface area contributed by atoms with Gasteiger partial charge in [0.25, 0.3) is 0 Å². The maximum atomic E-state index is 12.1. The van der Waals surface area contributed by atoms with Gasteiger partial charge in [-0.05, 0) is 39.9 Å². The molecule has 29 heavy (non-hydrogen) atoms. The maximum Gasteiger partial charge on any atom is 0.407 e. The van der Waals surface area contributed by atoms with Gasteiger partial charge in [0.1, 0.15) is 12.4 Å². The minimum absolute atomic E-state index is 0.0422. The van der Waals surface area contributed by atoms with Crippen molar-refractivity contribution in [2.75, 3.05) is 13.2 Å². The Morgan fingerprint density at radius 3 is 2.34 bits per heavy atom. The van der Waals surface area contributed by atoms with Crippen LogP contribution in [0.3, 0.4) is 0 Å². The van der Waals surface area contributed by atoms with E-state index in [9.17, 15) is 9.90 Å². The molecule has 146 valence electrons. The van der Waals surface area contributed by atoms with Crippen LogP contribution in [0, 0.1) is 0 Å². The molecule has 4 nitrogen and oxygen atoms in total. The van der Waals surface area contributed by atoms with Crippen molar-refractivity contribution in [2.45, 2.75) is 5.92 Å². The number of hydrogen-bond acceptors (Lipinski definition) is 3. The number of phenolic OH excluding ortho intramolecular Hbond substituents is 1. The van der Waals surface area contributed by atoms with Crippen LogP contribution in [0.1, 0.15) is 22.6 Å². The number of aromatic hydroxyl groups is 1. The Kier molecular flexibility index (Phi) is 5.54. The van der Waals surface area contributed by atoms with Crippen molar-refractivity contribution >= 4 is 23.8 Å². The van der Waals surface area contributed by atoms with E-state index in [1.807, 2.05) is 30.3 Å². The number of amides is 1. The van der Waals surface area contributed by atoms with Crippen LogP contribution in [0.5, 0.6) is 5.75 Å². The third kappa shape index (κ3) is 4.13. The zero-order valence-electron chi connectivity index (χ0n) is 15.6. The molecule has 0 bridgehead atoms. The van der Waals surface area contributed by atoms with Crippen LogP contribution >= 0.6 is 11.6 Å². The monoisotopic (exact) mass is 405 g/mol. The Bertz CT molecular complexity index is 1030. The largest absolute Gasteiger partial charge is 0.506 e. The zero-order chi connectivity index (χ0) is 20.2. The highest BCUT2D eigenvalue weighted by molar-refractivity contribution is 6.32. The first kappa shape index (κ1) is 19.1. The molecule has 0 aliphatic heterocycles. The lowest BCUT2D eigenvalue weighted by Crippen LogP contribution is -2.26. The van der Waals surface area contributed by atoms with Crippen molar-refractivity contribution in [1.29, 1.82) is 0 Å². The van der Waals surface area contributed by atoms with Gasteiger partial charge in [0.05, 0.1) is 5.02 Å².